The van der Waals surface area contributed by atoms with Crippen LogP contribution in [0.15, 0.2) is 18.2 Å². The molecule has 0 aliphatic rings. The topological polar surface area (TPSA) is 89.5 Å². The molecule has 0 aliphatic carbocycles. The van der Waals surface area contributed by atoms with Gasteiger partial charge >= 0.3 is 12.3 Å². The zero-order valence-corrected chi connectivity index (χ0v) is 17.1. The summed E-state index contributed by atoms with van der Waals surface area (Å²) in [6, 6.07) is 4.66. The van der Waals surface area contributed by atoms with Crippen molar-refractivity contribution >= 4 is 12.3 Å². The minimum Gasteiger partial charge on any atom is -0.428 e. The fourth-order valence-electron chi connectivity index (χ4n) is 1.97. The molecule has 0 atom stereocenters. The lowest BCUT2D eigenvalue weighted by Gasteiger charge is -2.23. The van der Waals surface area contributed by atoms with Crippen molar-refractivity contribution in [2.24, 2.45) is 0 Å². The molecule has 0 aliphatic heterocycles. The molecule has 0 heterocycles. The van der Waals surface area contributed by atoms with Crippen LogP contribution in [0.1, 0.15) is 53.4 Å². The van der Waals surface area contributed by atoms with Crippen LogP contribution in [-0.2, 0) is 18.9 Å². The zero-order chi connectivity index (χ0) is 20.8. The molecule has 0 saturated carbocycles. The number of ether oxygens (including phenoxy) is 6. The van der Waals surface area contributed by atoms with E-state index in [2.05, 4.69) is 0 Å². The van der Waals surface area contributed by atoms with E-state index in [0.717, 1.165) is 0 Å². The predicted octanol–water partition coefficient (Wildman–Crippen LogP) is 4.61. The molecule has 0 bridgehead atoms. The summed E-state index contributed by atoms with van der Waals surface area (Å²) in [5.74, 6) is -0.0991. The standard InChI is InChI=1S/C19H28O8/c1-18(2,3)26-16(20)24-13-11-9-10-12(15(22-7)23-8)14(13)25-17(21)27-19(4,5)6/h9-11,15H,1-8H3. The van der Waals surface area contributed by atoms with Crippen molar-refractivity contribution in [3.05, 3.63) is 23.8 Å². The number of para-hydroxylation sites is 1. The second kappa shape index (κ2) is 9.05. The van der Waals surface area contributed by atoms with Gasteiger partial charge in [-0.1, -0.05) is 6.07 Å². The lowest BCUT2D eigenvalue weighted by Crippen LogP contribution is -2.28. The molecule has 0 unspecified atom stereocenters. The molecule has 1 aromatic rings. The largest absolute Gasteiger partial charge is 0.514 e. The number of carbonyl (C=O) groups is 2. The molecule has 0 spiro atoms. The first-order valence-corrected chi connectivity index (χ1v) is 8.36. The first kappa shape index (κ1) is 22.7. The fraction of sp³-hybridized carbons (Fsp3) is 0.579. The van der Waals surface area contributed by atoms with E-state index in [-0.39, 0.29) is 11.5 Å². The van der Waals surface area contributed by atoms with Crippen molar-refractivity contribution in [3.63, 3.8) is 0 Å². The van der Waals surface area contributed by atoms with Crippen molar-refractivity contribution in [1.29, 1.82) is 0 Å². The summed E-state index contributed by atoms with van der Waals surface area (Å²) in [6.45, 7) is 10.2. The second-order valence-electron chi connectivity index (χ2n) is 7.61. The van der Waals surface area contributed by atoms with Gasteiger partial charge in [-0.15, -0.1) is 0 Å². The van der Waals surface area contributed by atoms with Crippen molar-refractivity contribution in [3.8, 4) is 11.5 Å². The van der Waals surface area contributed by atoms with Crippen molar-refractivity contribution in [1.82, 2.24) is 0 Å². The van der Waals surface area contributed by atoms with Crippen molar-refractivity contribution in [2.75, 3.05) is 14.2 Å². The van der Waals surface area contributed by atoms with Gasteiger partial charge in [-0.3, -0.25) is 0 Å². The molecule has 8 nitrogen and oxygen atoms in total. The summed E-state index contributed by atoms with van der Waals surface area (Å²) in [5, 5.41) is 0. The minimum atomic E-state index is -0.963. The quantitative estimate of drug-likeness (QED) is 0.413. The normalized spacial score (nSPS) is 11.9. The number of rotatable bonds is 5. The SMILES string of the molecule is COC(OC)c1cccc(OC(=O)OC(C)(C)C)c1OC(=O)OC(C)(C)C. The van der Waals surface area contributed by atoms with Gasteiger partial charge in [-0.2, -0.15) is 0 Å². The molecule has 8 heteroatoms. The van der Waals surface area contributed by atoms with Crippen molar-refractivity contribution < 1.29 is 38.0 Å². The van der Waals surface area contributed by atoms with Gasteiger partial charge in [0.15, 0.2) is 17.8 Å². The van der Waals surface area contributed by atoms with Gasteiger partial charge in [-0.05, 0) is 53.7 Å². The van der Waals surface area contributed by atoms with E-state index in [1.165, 1.54) is 20.3 Å². The zero-order valence-electron chi connectivity index (χ0n) is 17.1. The molecule has 27 heavy (non-hydrogen) atoms. The van der Waals surface area contributed by atoms with Gasteiger partial charge < -0.3 is 28.4 Å². The smallest absolute Gasteiger partial charge is 0.428 e. The van der Waals surface area contributed by atoms with Crippen LogP contribution in [0.3, 0.4) is 0 Å². The molecule has 0 radical (unpaired) electrons. The van der Waals surface area contributed by atoms with Crippen LogP contribution in [0, 0.1) is 0 Å². The Bertz CT molecular complexity index is 651. The van der Waals surface area contributed by atoms with Gasteiger partial charge in [0.25, 0.3) is 0 Å². The predicted molar refractivity (Wildman–Crippen MR) is 96.9 cm³/mol. The molecule has 0 aromatic heterocycles. The first-order chi connectivity index (χ1) is 12.4. The Labute approximate surface area is 159 Å². The van der Waals surface area contributed by atoms with Crippen molar-refractivity contribution in [2.45, 2.75) is 59.0 Å². The Balaban J connectivity index is 3.23. The van der Waals surface area contributed by atoms with E-state index >= 15 is 0 Å². The molecule has 0 N–H and O–H groups in total. The highest BCUT2D eigenvalue weighted by molar-refractivity contribution is 5.70. The summed E-state index contributed by atoms with van der Waals surface area (Å²) < 4.78 is 31.3. The molecule has 0 fully saturated rings. The number of hydrogen-bond acceptors (Lipinski definition) is 8. The van der Waals surface area contributed by atoms with Gasteiger partial charge in [0.05, 0.1) is 5.56 Å². The Morgan fingerprint density at radius 1 is 0.815 bits per heavy atom. The molecule has 1 rings (SSSR count). The van der Waals surface area contributed by atoms with Gasteiger partial charge in [0.1, 0.15) is 11.2 Å². The highest BCUT2D eigenvalue weighted by Crippen LogP contribution is 2.37. The summed E-state index contributed by atoms with van der Waals surface area (Å²) in [5.41, 5.74) is -1.17. The highest BCUT2D eigenvalue weighted by Gasteiger charge is 2.27. The fourth-order valence-corrected chi connectivity index (χ4v) is 1.97. The Morgan fingerprint density at radius 2 is 1.30 bits per heavy atom. The highest BCUT2D eigenvalue weighted by atomic mass is 16.8. The van der Waals surface area contributed by atoms with E-state index in [4.69, 9.17) is 28.4 Å². The number of carbonyl (C=O) groups excluding carboxylic acids is 2. The third-order valence-electron chi connectivity index (χ3n) is 2.85. The van der Waals surface area contributed by atoms with Gasteiger partial charge in [0.2, 0.25) is 0 Å². The summed E-state index contributed by atoms with van der Waals surface area (Å²) >= 11 is 0. The van der Waals surface area contributed by atoms with Crippen LogP contribution in [-0.4, -0.2) is 37.7 Å². The lowest BCUT2D eigenvalue weighted by atomic mass is 10.1. The Morgan fingerprint density at radius 3 is 1.74 bits per heavy atom. The van der Waals surface area contributed by atoms with E-state index < -0.39 is 29.8 Å². The molecular weight excluding hydrogens is 356 g/mol. The summed E-state index contributed by atoms with van der Waals surface area (Å²) in [4.78, 5) is 24.2. The maximum absolute atomic E-state index is 12.1. The Hall–Kier alpha value is -2.32. The third-order valence-corrected chi connectivity index (χ3v) is 2.85. The van der Waals surface area contributed by atoms with E-state index in [0.29, 0.717) is 5.56 Å². The number of benzene rings is 1. The first-order valence-electron chi connectivity index (χ1n) is 8.36. The summed E-state index contributed by atoms with van der Waals surface area (Å²) in [7, 11) is 2.85. The van der Waals surface area contributed by atoms with Crippen LogP contribution >= 0.6 is 0 Å². The monoisotopic (exact) mass is 384 g/mol. The van der Waals surface area contributed by atoms with E-state index in [9.17, 15) is 9.59 Å². The van der Waals surface area contributed by atoms with Gasteiger partial charge in [0, 0.05) is 14.2 Å². The van der Waals surface area contributed by atoms with E-state index in [1.54, 1.807) is 53.7 Å². The second-order valence-corrected chi connectivity index (χ2v) is 7.61. The molecular formula is C19H28O8. The molecule has 0 amide bonds. The van der Waals surface area contributed by atoms with Crippen LogP contribution in [0.25, 0.3) is 0 Å². The third kappa shape index (κ3) is 7.84. The van der Waals surface area contributed by atoms with E-state index in [1.807, 2.05) is 0 Å². The average molecular weight is 384 g/mol. The van der Waals surface area contributed by atoms with Gasteiger partial charge in [-0.25, -0.2) is 9.59 Å². The molecule has 0 saturated heterocycles. The number of methoxy groups -OCH3 is 2. The summed E-state index contributed by atoms with van der Waals surface area (Å²) in [6.07, 6.45) is -2.76. The molecule has 1 aromatic carbocycles. The maximum atomic E-state index is 12.1. The molecule has 152 valence electrons. The minimum absolute atomic E-state index is 0.0355. The Kier molecular flexibility index (Phi) is 7.62. The van der Waals surface area contributed by atoms with Crippen LogP contribution in [0.4, 0.5) is 9.59 Å². The number of hydrogen-bond donors (Lipinski definition) is 0. The maximum Gasteiger partial charge on any atom is 0.514 e. The van der Waals surface area contributed by atoms with Crippen LogP contribution in [0.2, 0.25) is 0 Å². The lowest BCUT2D eigenvalue weighted by molar-refractivity contribution is -0.107. The van der Waals surface area contributed by atoms with Crippen LogP contribution < -0.4 is 9.47 Å². The van der Waals surface area contributed by atoms with Crippen LogP contribution in [0.5, 0.6) is 11.5 Å². The average Bonchev–Trinajstić information content (AvgIpc) is 2.47.